The fourth-order valence-electron chi connectivity index (χ4n) is 4.28. The summed E-state index contributed by atoms with van der Waals surface area (Å²) in [5.74, 6) is 0.651. The average Bonchev–Trinajstić information content (AvgIpc) is 2.74. The largest absolute Gasteiger partial charge is 0.368 e. The van der Waals surface area contributed by atoms with Crippen LogP contribution in [0.15, 0.2) is 28.4 Å². The zero-order chi connectivity index (χ0) is 19.5. The van der Waals surface area contributed by atoms with Gasteiger partial charge >= 0.3 is 0 Å². The van der Waals surface area contributed by atoms with E-state index in [4.69, 9.17) is 4.98 Å². The highest BCUT2D eigenvalue weighted by Crippen LogP contribution is 2.43. The Morgan fingerprint density at radius 1 is 1.18 bits per heavy atom. The van der Waals surface area contributed by atoms with E-state index in [1.54, 1.807) is 18.1 Å². The Hall–Kier alpha value is -1.86. The first-order valence-corrected chi connectivity index (χ1v) is 11.4. The maximum atomic E-state index is 13.4. The van der Waals surface area contributed by atoms with Crippen LogP contribution in [0.3, 0.4) is 0 Å². The first-order valence-electron chi connectivity index (χ1n) is 10.4. The molecule has 0 spiro atoms. The van der Waals surface area contributed by atoms with Gasteiger partial charge in [0, 0.05) is 44.2 Å². The summed E-state index contributed by atoms with van der Waals surface area (Å²) < 4.78 is 1.89. The van der Waals surface area contributed by atoms with Gasteiger partial charge in [-0.3, -0.25) is 9.36 Å². The van der Waals surface area contributed by atoms with Gasteiger partial charge in [-0.15, -0.1) is 11.8 Å². The summed E-state index contributed by atoms with van der Waals surface area (Å²) in [5.41, 5.74) is 4.00. The molecule has 7 heteroatoms. The third kappa shape index (κ3) is 3.57. The molecular formula is C21H29N5OS. The Morgan fingerprint density at radius 3 is 2.64 bits per heavy atom. The molecule has 1 N–H and O–H groups in total. The highest BCUT2D eigenvalue weighted by molar-refractivity contribution is 7.98. The van der Waals surface area contributed by atoms with E-state index in [0.29, 0.717) is 5.75 Å². The lowest BCUT2D eigenvalue weighted by Crippen LogP contribution is -2.44. The lowest BCUT2D eigenvalue weighted by atomic mass is 10.0. The van der Waals surface area contributed by atoms with E-state index in [2.05, 4.69) is 35.1 Å². The minimum absolute atomic E-state index is 0.130. The number of pyridine rings is 1. The SMILES string of the molecule is CCCC(CCC)n1cnc2c(c1=O)CSc1nccc(N3CCNCC3)c1-2. The fraction of sp³-hybridized carbons (Fsp3) is 0.571. The van der Waals surface area contributed by atoms with E-state index in [0.717, 1.165) is 79.4 Å². The summed E-state index contributed by atoms with van der Waals surface area (Å²) in [7, 11) is 0. The van der Waals surface area contributed by atoms with Crippen molar-refractivity contribution in [3.63, 3.8) is 0 Å². The molecule has 6 nitrogen and oxygen atoms in total. The zero-order valence-corrected chi connectivity index (χ0v) is 17.6. The molecule has 4 rings (SSSR count). The number of piperazine rings is 1. The second-order valence-corrected chi connectivity index (χ2v) is 8.52. The Labute approximate surface area is 170 Å². The van der Waals surface area contributed by atoms with Gasteiger partial charge in [-0.25, -0.2) is 9.97 Å². The van der Waals surface area contributed by atoms with Crippen LogP contribution in [-0.4, -0.2) is 40.7 Å². The van der Waals surface area contributed by atoms with Crippen molar-refractivity contribution in [2.24, 2.45) is 0 Å². The van der Waals surface area contributed by atoms with Crippen molar-refractivity contribution < 1.29 is 0 Å². The van der Waals surface area contributed by atoms with E-state index in [1.807, 2.05) is 10.8 Å². The molecule has 0 saturated carbocycles. The zero-order valence-electron chi connectivity index (χ0n) is 16.8. The van der Waals surface area contributed by atoms with Crippen molar-refractivity contribution in [3.8, 4) is 11.3 Å². The normalized spacial score (nSPS) is 16.2. The van der Waals surface area contributed by atoms with Gasteiger partial charge in [0.05, 0.1) is 28.8 Å². The molecule has 1 saturated heterocycles. The standard InChI is InChI=1S/C21H29N5OS/c1-3-5-15(6-4-2)26-14-24-19-16(21(26)27)13-28-20-18(19)17(7-8-23-20)25-11-9-22-10-12-25/h7-8,14-15,22H,3-6,9-13H2,1-2H3. The van der Waals surface area contributed by atoms with Gasteiger partial charge in [-0.05, 0) is 18.9 Å². The number of nitrogens with one attached hydrogen (secondary N) is 1. The van der Waals surface area contributed by atoms with Crippen LogP contribution >= 0.6 is 11.8 Å². The summed E-state index contributed by atoms with van der Waals surface area (Å²) in [6.07, 6.45) is 7.85. The molecule has 2 aromatic rings. The van der Waals surface area contributed by atoms with Gasteiger partial charge in [0.15, 0.2) is 0 Å². The van der Waals surface area contributed by atoms with E-state index >= 15 is 0 Å². The Bertz CT molecular complexity index is 885. The molecule has 0 aliphatic carbocycles. The summed E-state index contributed by atoms with van der Waals surface area (Å²) in [6.45, 7) is 8.23. The molecular weight excluding hydrogens is 370 g/mol. The number of hydrogen-bond acceptors (Lipinski definition) is 6. The van der Waals surface area contributed by atoms with Gasteiger partial charge in [-0.1, -0.05) is 26.7 Å². The van der Waals surface area contributed by atoms with Gasteiger partial charge in [-0.2, -0.15) is 0 Å². The predicted octanol–water partition coefficient (Wildman–Crippen LogP) is 3.46. The van der Waals surface area contributed by atoms with Crippen molar-refractivity contribution in [1.82, 2.24) is 19.9 Å². The highest BCUT2D eigenvalue weighted by Gasteiger charge is 2.28. The van der Waals surface area contributed by atoms with Gasteiger partial charge in [0.1, 0.15) is 5.03 Å². The topological polar surface area (TPSA) is 63.1 Å². The number of rotatable bonds is 6. The molecule has 4 heterocycles. The molecule has 0 radical (unpaired) electrons. The van der Waals surface area contributed by atoms with E-state index in [-0.39, 0.29) is 11.6 Å². The smallest absolute Gasteiger partial charge is 0.258 e. The fourth-order valence-corrected chi connectivity index (χ4v) is 5.30. The number of nitrogens with zero attached hydrogens (tertiary/aromatic N) is 4. The van der Waals surface area contributed by atoms with Crippen LogP contribution in [0.2, 0.25) is 0 Å². The maximum absolute atomic E-state index is 13.4. The Balaban J connectivity index is 1.79. The van der Waals surface area contributed by atoms with Crippen molar-refractivity contribution in [3.05, 3.63) is 34.5 Å². The van der Waals surface area contributed by atoms with Crippen LogP contribution in [0.5, 0.6) is 0 Å². The van der Waals surface area contributed by atoms with Crippen LogP contribution in [0.25, 0.3) is 11.3 Å². The third-order valence-corrected chi connectivity index (χ3v) is 6.68. The summed E-state index contributed by atoms with van der Waals surface area (Å²) in [6, 6.07) is 2.32. The van der Waals surface area contributed by atoms with Crippen molar-refractivity contribution in [2.45, 2.75) is 56.4 Å². The number of aromatic nitrogens is 3. The van der Waals surface area contributed by atoms with E-state index in [1.165, 1.54) is 0 Å². The molecule has 0 aromatic carbocycles. The van der Waals surface area contributed by atoms with Gasteiger partial charge < -0.3 is 10.2 Å². The molecule has 2 aliphatic rings. The molecule has 0 unspecified atom stereocenters. The molecule has 0 amide bonds. The number of thioether (sulfide) groups is 1. The number of anilines is 1. The lowest BCUT2D eigenvalue weighted by molar-refractivity contribution is 0.410. The quantitative estimate of drug-likeness (QED) is 0.803. The van der Waals surface area contributed by atoms with Crippen LogP contribution in [0, 0.1) is 0 Å². The first-order chi connectivity index (χ1) is 13.7. The van der Waals surface area contributed by atoms with E-state index < -0.39 is 0 Å². The summed E-state index contributed by atoms with van der Waals surface area (Å²) >= 11 is 1.66. The van der Waals surface area contributed by atoms with Crippen LogP contribution < -0.4 is 15.8 Å². The minimum atomic E-state index is 0.130. The molecule has 0 atom stereocenters. The minimum Gasteiger partial charge on any atom is -0.368 e. The predicted molar refractivity (Wildman–Crippen MR) is 115 cm³/mol. The molecule has 1 fully saturated rings. The van der Waals surface area contributed by atoms with Crippen LogP contribution in [0.1, 0.15) is 51.1 Å². The lowest BCUT2D eigenvalue weighted by Gasteiger charge is -2.32. The third-order valence-electron chi connectivity index (χ3n) is 5.67. The molecule has 150 valence electrons. The molecule has 2 aliphatic heterocycles. The Kier molecular flexibility index (Phi) is 6.01. The molecule has 0 bridgehead atoms. The van der Waals surface area contributed by atoms with Crippen molar-refractivity contribution in [2.75, 3.05) is 31.1 Å². The Morgan fingerprint density at radius 2 is 1.93 bits per heavy atom. The maximum Gasteiger partial charge on any atom is 0.258 e. The highest BCUT2D eigenvalue weighted by atomic mass is 32.2. The monoisotopic (exact) mass is 399 g/mol. The van der Waals surface area contributed by atoms with Crippen molar-refractivity contribution in [1.29, 1.82) is 0 Å². The summed E-state index contributed by atoms with van der Waals surface area (Å²) in [4.78, 5) is 25.2. The van der Waals surface area contributed by atoms with Gasteiger partial charge in [0.2, 0.25) is 0 Å². The molecule has 2 aromatic heterocycles. The van der Waals surface area contributed by atoms with E-state index in [9.17, 15) is 4.79 Å². The van der Waals surface area contributed by atoms with Gasteiger partial charge in [0.25, 0.3) is 5.56 Å². The molecule has 28 heavy (non-hydrogen) atoms. The second-order valence-electron chi connectivity index (χ2n) is 7.55. The number of fused-ring (bicyclic) bond motifs is 3. The van der Waals surface area contributed by atoms with Crippen molar-refractivity contribution >= 4 is 17.4 Å². The number of hydrogen-bond donors (Lipinski definition) is 1. The summed E-state index contributed by atoms with van der Waals surface area (Å²) in [5, 5.41) is 4.40. The van der Waals surface area contributed by atoms with Crippen LogP contribution in [-0.2, 0) is 5.75 Å². The average molecular weight is 400 g/mol. The van der Waals surface area contributed by atoms with Crippen LogP contribution in [0.4, 0.5) is 5.69 Å². The second kappa shape index (κ2) is 8.66. The first kappa shape index (κ1) is 19.5.